The molecule has 1 saturated heterocycles. The molecular formula is C37H38F3N3O2. The highest BCUT2D eigenvalue weighted by atomic mass is 19.4. The maximum Gasteiger partial charge on any atom is 0.405 e. The van der Waals surface area contributed by atoms with E-state index >= 15 is 0 Å². The monoisotopic (exact) mass is 613 g/mol. The van der Waals surface area contributed by atoms with Crippen LogP contribution in [-0.2, 0) is 10.2 Å². The Morgan fingerprint density at radius 1 is 0.800 bits per heavy atom. The van der Waals surface area contributed by atoms with Crippen molar-refractivity contribution in [1.29, 1.82) is 0 Å². The fourth-order valence-electron chi connectivity index (χ4n) is 6.91. The molecule has 1 atom stereocenters. The Morgan fingerprint density at radius 2 is 1.51 bits per heavy atom. The number of nitrogens with zero attached hydrogens (tertiary/aromatic N) is 2. The second kappa shape index (κ2) is 13.0. The van der Waals surface area contributed by atoms with Gasteiger partial charge in [-0.2, -0.15) is 13.2 Å². The van der Waals surface area contributed by atoms with Crippen LogP contribution >= 0.6 is 0 Å². The first-order valence-electron chi connectivity index (χ1n) is 15.5. The molecule has 2 aliphatic rings. The Morgan fingerprint density at radius 3 is 2.27 bits per heavy atom. The van der Waals surface area contributed by atoms with Gasteiger partial charge in [-0.05, 0) is 77.0 Å². The van der Waals surface area contributed by atoms with Crippen LogP contribution in [0.4, 0.5) is 18.9 Å². The Kier molecular flexibility index (Phi) is 8.85. The largest absolute Gasteiger partial charge is 0.497 e. The summed E-state index contributed by atoms with van der Waals surface area (Å²) in [6.07, 6.45) is -2.55. The van der Waals surface area contributed by atoms with Gasteiger partial charge in [0, 0.05) is 31.9 Å². The molecule has 4 aromatic carbocycles. The van der Waals surface area contributed by atoms with Crippen LogP contribution in [0.15, 0.2) is 97.1 Å². The lowest BCUT2D eigenvalue weighted by Gasteiger charge is -2.36. The van der Waals surface area contributed by atoms with E-state index < -0.39 is 24.0 Å². The van der Waals surface area contributed by atoms with Gasteiger partial charge in [0.05, 0.1) is 7.11 Å². The molecule has 6 rings (SSSR count). The number of hydrogen-bond acceptors (Lipinski definition) is 4. The number of piperazine rings is 1. The lowest BCUT2D eigenvalue weighted by Crippen LogP contribution is -2.47. The second-order valence-electron chi connectivity index (χ2n) is 11.9. The van der Waals surface area contributed by atoms with E-state index in [-0.39, 0.29) is 0 Å². The minimum Gasteiger partial charge on any atom is -0.497 e. The average molecular weight is 614 g/mol. The summed E-state index contributed by atoms with van der Waals surface area (Å²) >= 11 is 0. The molecule has 4 aromatic rings. The molecule has 0 bridgehead atoms. The molecule has 1 aliphatic carbocycles. The van der Waals surface area contributed by atoms with Crippen LogP contribution < -0.4 is 15.0 Å². The predicted molar refractivity (Wildman–Crippen MR) is 173 cm³/mol. The van der Waals surface area contributed by atoms with Crippen molar-refractivity contribution in [3.05, 3.63) is 108 Å². The van der Waals surface area contributed by atoms with Crippen molar-refractivity contribution < 1.29 is 22.7 Å². The molecule has 0 spiro atoms. The lowest BCUT2D eigenvalue weighted by molar-refractivity contribution is -0.141. The van der Waals surface area contributed by atoms with Crippen LogP contribution in [0.2, 0.25) is 0 Å². The number of nitrogens with one attached hydrogen (secondary N) is 1. The first-order valence-corrected chi connectivity index (χ1v) is 15.5. The molecular weight excluding hydrogens is 575 g/mol. The Labute approximate surface area is 262 Å². The van der Waals surface area contributed by atoms with Crippen molar-refractivity contribution in [3.8, 4) is 28.0 Å². The van der Waals surface area contributed by atoms with Crippen LogP contribution in [0, 0.1) is 0 Å². The van der Waals surface area contributed by atoms with E-state index in [2.05, 4.69) is 63.6 Å². The van der Waals surface area contributed by atoms with Gasteiger partial charge in [0.2, 0.25) is 5.91 Å². The van der Waals surface area contributed by atoms with Gasteiger partial charge in [0.25, 0.3) is 0 Å². The highest BCUT2D eigenvalue weighted by molar-refractivity contribution is 6.00. The number of amides is 1. The second-order valence-corrected chi connectivity index (χ2v) is 11.9. The van der Waals surface area contributed by atoms with E-state index in [1.165, 1.54) is 16.8 Å². The summed E-state index contributed by atoms with van der Waals surface area (Å²) in [4.78, 5) is 18.7. The molecule has 0 saturated carbocycles. The van der Waals surface area contributed by atoms with Gasteiger partial charge in [-0.25, -0.2) is 0 Å². The number of anilines is 1. The van der Waals surface area contributed by atoms with E-state index in [0.29, 0.717) is 18.6 Å². The number of carbonyl (C=O) groups is 1. The zero-order chi connectivity index (χ0) is 31.4. The average Bonchev–Trinajstić information content (AvgIpc) is 3.35. The van der Waals surface area contributed by atoms with E-state index in [0.717, 1.165) is 61.4 Å². The van der Waals surface area contributed by atoms with Gasteiger partial charge in [0.1, 0.15) is 17.7 Å². The Balaban J connectivity index is 1.12. The standard InChI is InChI=1S/C37H38F3N3O2/c1-45-30-16-17-34-32(25-30)31-14-5-6-15-33(31)36(34,35(44)41-26-37(38,39)40)18-7-8-19-42-20-22-43(23-21-42)29-13-9-12-28(24-29)27-10-3-2-4-11-27/h2-6,9-17,24-25H,7-8,18-23,26H2,1H3,(H,41,44). The highest BCUT2D eigenvalue weighted by Crippen LogP contribution is 2.52. The minimum atomic E-state index is -4.50. The molecule has 45 heavy (non-hydrogen) atoms. The quantitative estimate of drug-likeness (QED) is 0.191. The zero-order valence-corrected chi connectivity index (χ0v) is 25.4. The van der Waals surface area contributed by atoms with Gasteiger partial charge < -0.3 is 15.0 Å². The number of alkyl halides is 3. The van der Waals surface area contributed by atoms with Gasteiger partial charge in [-0.1, -0.05) is 79.2 Å². The molecule has 1 amide bonds. The molecule has 234 valence electrons. The SMILES string of the molecule is COc1ccc2c(c1)-c1ccccc1C2(CCCCN1CCN(c2cccc(-c3ccccc3)c2)CC1)C(=O)NCC(F)(F)F. The molecule has 0 radical (unpaired) electrons. The van der Waals surface area contributed by atoms with Crippen LogP contribution in [0.1, 0.15) is 30.4 Å². The number of fused-ring (bicyclic) bond motifs is 3. The van der Waals surface area contributed by atoms with Crippen molar-refractivity contribution >= 4 is 11.6 Å². The summed E-state index contributed by atoms with van der Waals surface area (Å²) in [5, 5.41) is 2.23. The summed E-state index contributed by atoms with van der Waals surface area (Å²) < 4.78 is 45.1. The Hall–Kier alpha value is -4.30. The summed E-state index contributed by atoms with van der Waals surface area (Å²) in [5.41, 5.74) is 5.60. The lowest BCUT2D eigenvalue weighted by atomic mass is 9.73. The van der Waals surface area contributed by atoms with E-state index in [1.54, 1.807) is 13.2 Å². The van der Waals surface area contributed by atoms with E-state index in [4.69, 9.17) is 4.74 Å². The third-order valence-corrected chi connectivity index (χ3v) is 9.17. The number of benzene rings is 4. The molecule has 1 N–H and O–H groups in total. The first-order chi connectivity index (χ1) is 21.8. The van der Waals surface area contributed by atoms with Gasteiger partial charge in [-0.3, -0.25) is 9.69 Å². The fraction of sp³-hybridized carbons (Fsp3) is 0.324. The number of hydrogen-bond donors (Lipinski definition) is 1. The van der Waals surface area contributed by atoms with Crippen molar-refractivity contribution in [1.82, 2.24) is 10.2 Å². The van der Waals surface area contributed by atoms with E-state index in [1.807, 2.05) is 42.5 Å². The summed E-state index contributed by atoms with van der Waals surface area (Å²) in [7, 11) is 1.58. The number of halogens is 3. The normalized spacial score (nSPS) is 17.9. The summed E-state index contributed by atoms with van der Waals surface area (Å²) in [6, 6.07) is 32.1. The van der Waals surface area contributed by atoms with Gasteiger partial charge >= 0.3 is 6.18 Å². The van der Waals surface area contributed by atoms with Crippen LogP contribution in [0.3, 0.4) is 0 Å². The summed E-state index contributed by atoms with van der Waals surface area (Å²) in [6.45, 7) is 3.21. The molecule has 8 heteroatoms. The highest BCUT2D eigenvalue weighted by Gasteiger charge is 2.49. The molecule has 1 heterocycles. The molecule has 0 aromatic heterocycles. The van der Waals surface area contributed by atoms with Crippen LogP contribution in [-0.4, -0.2) is 63.4 Å². The predicted octanol–water partition coefficient (Wildman–Crippen LogP) is 7.30. The number of ether oxygens (including phenoxy) is 1. The maximum absolute atomic E-state index is 13.8. The van der Waals surface area contributed by atoms with Crippen molar-refractivity contribution in [2.75, 3.05) is 51.3 Å². The summed E-state index contributed by atoms with van der Waals surface area (Å²) in [5.74, 6) is 0.0310. The number of methoxy groups -OCH3 is 1. The fourth-order valence-corrected chi connectivity index (χ4v) is 6.91. The third kappa shape index (κ3) is 6.43. The van der Waals surface area contributed by atoms with Gasteiger partial charge in [0.15, 0.2) is 0 Å². The van der Waals surface area contributed by atoms with Crippen molar-refractivity contribution in [2.24, 2.45) is 0 Å². The van der Waals surface area contributed by atoms with Gasteiger partial charge in [-0.15, -0.1) is 0 Å². The molecule has 1 fully saturated rings. The van der Waals surface area contributed by atoms with Crippen LogP contribution in [0.25, 0.3) is 22.3 Å². The minimum absolute atomic E-state index is 0.416. The van der Waals surface area contributed by atoms with Crippen molar-refractivity contribution in [3.63, 3.8) is 0 Å². The number of unbranched alkanes of at least 4 members (excludes halogenated alkanes) is 1. The zero-order valence-electron chi connectivity index (χ0n) is 25.4. The molecule has 5 nitrogen and oxygen atoms in total. The molecule has 1 aliphatic heterocycles. The molecule has 1 unspecified atom stereocenters. The maximum atomic E-state index is 13.8. The van der Waals surface area contributed by atoms with E-state index in [9.17, 15) is 18.0 Å². The third-order valence-electron chi connectivity index (χ3n) is 9.17. The number of carbonyl (C=O) groups excluding carboxylic acids is 1. The first kappa shape index (κ1) is 30.7. The Bertz CT molecular complexity index is 1630. The smallest absolute Gasteiger partial charge is 0.405 e. The number of rotatable bonds is 10. The topological polar surface area (TPSA) is 44.8 Å². The van der Waals surface area contributed by atoms with Crippen LogP contribution in [0.5, 0.6) is 5.75 Å². The van der Waals surface area contributed by atoms with Crippen molar-refractivity contribution in [2.45, 2.75) is 30.9 Å².